The van der Waals surface area contributed by atoms with E-state index in [0.29, 0.717) is 24.4 Å². The lowest BCUT2D eigenvalue weighted by atomic mass is 10.2. The van der Waals surface area contributed by atoms with Crippen LogP contribution in [0.25, 0.3) is 0 Å². The van der Waals surface area contributed by atoms with Crippen LogP contribution in [0.2, 0.25) is 0 Å². The fourth-order valence-electron chi connectivity index (χ4n) is 1.93. The third-order valence-corrected chi connectivity index (χ3v) is 3.48. The Morgan fingerprint density at radius 2 is 2.15 bits per heavy atom. The van der Waals surface area contributed by atoms with E-state index in [2.05, 4.69) is 0 Å². The SMILES string of the molecule is CSCCC(C(=O)O)n1cc(O)c(=O)cc1CN(C)C. The number of hydrogen-bond acceptors (Lipinski definition) is 5. The first-order valence-electron chi connectivity index (χ1n) is 6.17. The van der Waals surface area contributed by atoms with Crippen molar-refractivity contribution in [1.82, 2.24) is 9.47 Å². The molecule has 1 heterocycles. The zero-order chi connectivity index (χ0) is 15.3. The molecule has 2 N–H and O–H groups in total. The Hall–Kier alpha value is -1.47. The third kappa shape index (κ3) is 4.28. The van der Waals surface area contributed by atoms with Gasteiger partial charge in [0.1, 0.15) is 6.04 Å². The first kappa shape index (κ1) is 16.6. The van der Waals surface area contributed by atoms with Gasteiger partial charge in [-0.25, -0.2) is 4.79 Å². The van der Waals surface area contributed by atoms with Gasteiger partial charge in [0.05, 0.1) is 6.20 Å². The highest BCUT2D eigenvalue weighted by Crippen LogP contribution is 2.19. The topological polar surface area (TPSA) is 82.8 Å². The molecule has 0 radical (unpaired) electrons. The molecule has 0 amide bonds. The van der Waals surface area contributed by atoms with Crippen molar-refractivity contribution in [2.45, 2.75) is 19.0 Å². The summed E-state index contributed by atoms with van der Waals surface area (Å²) in [5, 5.41) is 18.9. The van der Waals surface area contributed by atoms with E-state index in [4.69, 9.17) is 0 Å². The fraction of sp³-hybridized carbons (Fsp3) is 0.538. The molecule has 1 atom stereocenters. The number of aromatic hydroxyl groups is 1. The lowest BCUT2D eigenvalue weighted by molar-refractivity contribution is -0.141. The molecule has 1 rings (SSSR count). The fourth-order valence-corrected chi connectivity index (χ4v) is 2.39. The summed E-state index contributed by atoms with van der Waals surface area (Å²) in [6.07, 6.45) is 3.56. The molecule has 0 fully saturated rings. The largest absolute Gasteiger partial charge is 0.503 e. The number of carbonyl (C=O) groups is 1. The number of aromatic nitrogens is 1. The average molecular weight is 300 g/mol. The Morgan fingerprint density at radius 3 is 2.65 bits per heavy atom. The second kappa shape index (κ2) is 7.35. The van der Waals surface area contributed by atoms with Crippen LogP contribution in [0.5, 0.6) is 5.75 Å². The average Bonchev–Trinajstić information content (AvgIpc) is 2.34. The first-order valence-corrected chi connectivity index (χ1v) is 7.56. The molecule has 0 aliphatic rings. The van der Waals surface area contributed by atoms with E-state index < -0.39 is 23.2 Å². The quantitative estimate of drug-likeness (QED) is 0.781. The first-order chi connectivity index (χ1) is 9.36. The smallest absolute Gasteiger partial charge is 0.326 e. The van der Waals surface area contributed by atoms with Crippen LogP contribution in [0, 0.1) is 0 Å². The summed E-state index contributed by atoms with van der Waals surface area (Å²) in [6.45, 7) is 0.429. The zero-order valence-electron chi connectivity index (χ0n) is 11.9. The standard InChI is InChI=1S/C13H20N2O4S/c1-14(2)7-9-6-11(16)12(17)8-15(9)10(13(18)19)4-5-20-3/h6,8,10,17H,4-5,7H2,1-3H3,(H,18,19). The zero-order valence-corrected chi connectivity index (χ0v) is 12.7. The lowest BCUT2D eigenvalue weighted by Crippen LogP contribution is -2.26. The van der Waals surface area contributed by atoms with Crippen LogP contribution in [-0.4, -0.2) is 51.8 Å². The van der Waals surface area contributed by atoms with E-state index >= 15 is 0 Å². The van der Waals surface area contributed by atoms with Gasteiger partial charge in [-0.05, 0) is 32.5 Å². The second-order valence-corrected chi connectivity index (χ2v) is 5.78. The van der Waals surface area contributed by atoms with Crippen LogP contribution in [0.3, 0.4) is 0 Å². The molecule has 0 aliphatic carbocycles. The van der Waals surface area contributed by atoms with E-state index in [1.54, 1.807) is 11.8 Å². The molecule has 0 aromatic carbocycles. The van der Waals surface area contributed by atoms with Crippen molar-refractivity contribution in [2.24, 2.45) is 0 Å². The predicted octanol–water partition coefficient (Wildman–Crippen LogP) is 0.994. The van der Waals surface area contributed by atoms with Crippen LogP contribution in [0.1, 0.15) is 18.2 Å². The van der Waals surface area contributed by atoms with Crippen molar-refractivity contribution in [3.05, 3.63) is 28.2 Å². The van der Waals surface area contributed by atoms with Gasteiger partial charge in [0.2, 0.25) is 5.43 Å². The molecular weight excluding hydrogens is 280 g/mol. The van der Waals surface area contributed by atoms with Gasteiger partial charge in [0, 0.05) is 18.3 Å². The van der Waals surface area contributed by atoms with E-state index in [-0.39, 0.29) is 0 Å². The molecule has 1 unspecified atom stereocenters. The Morgan fingerprint density at radius 1 is 1.50 bits per heavy atom. The second-order valence-electron chi connectivity index (χ2n) is 4.79. The summed E-state index contributed by atoms with van der Waals surface area (Å²) in [7, 11) is 3.67. The summed E-state index contributed by atoms with van der Waals surface area (Å²) in [5.74, 6) is -0.712. The lowest BCUT2D eigenvalue weighted by Gasteiger charge is -2.22. The molecule has 0 saturated carbocycles. The highest BCUT2D eigenvalue weighted by Gasteiger charge is 2.22. The number of rotatable bonds is 7. The molecule has 1 aromatic rings. The third-order valence-electron chi connectivity index (χ3n) is 2.84. The molecule has 7 heteroatoms. The van der Waals surface area contributed by atoms with Crippen molar-refractivity contribution in [1.29, 1.82) is 0 Å². The monoisotopic (exact) mass is 300 g/mol. The van der Waals surface area contributed by atoms with Crippen molar-refractivity contribution < 1.29 is 15.0 Å². The minimum Gasteiger partial charge on any atom is -0.503 e. The maximum atomic E-state index is 11.5. The summed E-state index contributed by atoms with van der Waals surface area (Å²) in [5.41, 5.74) is 0.0819. The van der Waals surface area contributed by atoms with E-state index in [1.165, 1.54) is 16.8 Å². The van der Waals surface area contributed by atoms with Gasteiger partial charge in [0.25, 0.3) is 0 Å². The maximum absolute atomic E-state index is 11.5. The Labute approximate surface area is 122 Å². The van der Waals surface area contributed by atoms with Gasteiger partial charge in [-0.3, -0.25) is 4.79 Å². The molecule has 1 aromatic heterocycles. The molecule has 6 nitrogen and oxygen atoms in total. The Kier molecular flexibility index (Phi) is 6.09. The predicted molar refractivity (Wildman–Crippen MR) is 79.4 cm³/mol. The van der Waals surface area contributed by atoms with Crippen molar-refractivity contribution in [3.63, 3.8) is 0 Å². The van der Waals surface area contributed by atoms with Gasteiger partial charge >= 0.3 is 5.97 Å². The van der Waals surface area contributed by atoms with Gasteiger partial charge in [-0.2, -0.15) is 11.8 Å². The van der Waals surface area contributed by atoms with Crippen molar-refractivity contribution in [2.75, 3.05) is 26.1 Å². The summed E-state index contributed by atoms with van der Waals surface area (Å²) >= 11 is 1.56. The number of carboxylic acids is 1. The maximum Gasteiger partial charge on any atom is 0.326 e. The van der Waals surface area contributed by atoms with Crippen LogP contribution in [0.15, 0.2) is 17.1 Å². The number of hydrogen-bond donors (Lipinski definition) is 2. The van der Waals surface area contributed by atoms with Gasteiger partial charge in [0.15, 0.2) is 5.75 Å². The van der Waals surface area contributed by atoms with Crippen LogP contribution in [0.4, 0.5) is 0 Å². The minimum absolute atomic E-state index is 0.428. The Bertz CT molecular complexity index is 528. The van der Waals surface area contributed by atoms with E-state index in [0.717, 1.165) is 0 Å². The number of nitrogens with zero attached hydrogens (tertiary/aromatic N) is 2. The highest BCUT2D eigenvalue weighted by atomic mass is 32.2. The van der Waals surface area contributed by atoms with Crippen molar-refractivity contribution in [3.8, 4) is 5.75 Å². The molecule has 112 valence electrons. The van der Waals surface area contributed by atoms with Gasteiger partial charge in [-0.1, -0.05) is 0 Å². The highest BCUT2D eigenvalue weighted by molar-refractivity contribution is 7.98. The van der Waals surface area contributed by atoms with Crippen LogP contribution >= 0.6 is 11.8 Å². The van der Waals surface area contributed by atoms with Crippen LogP contribution in [-0.2, 0) is 11.3 Å². The molecular formula is C13H20N2O4S. The number of carboxylic acid groups (broad SMARTS) is 1. The molecule has 0 saturated heterocycles. The van der Waals surface area contributed by atoms with Gasteiger partial charge in [-0.15, -0.1) is 0 Å². The summed E-state index contributed by atoms with van der Waals surface area (Å²) in [6, 6.07) is 0.508. The Balaban J connectivity index is 3.26. The molecule has 20 heavy (non-hydrogen) atoms. The summed E-state index contributed by atoms with van der Waals surface area (Å²) in [4.78, 5) is 24.8. The van der Waals surface area contributed by atoms with Crippen LogP contribution < -0.4 is 5.43 Å². The van der Waals surface area contributed by atoms with Crippen molar-refractivity contribution >= 4 is 17.7 Å². The van der Waals surface area contributed by atoms with Gasteiger partial charge < -0.3 is 19.7 Å². The number of pyridine rings is 1. The summed E-state index contributed by atoms with van der Waals surface area (Å²) < 4.78 is 1.48. The minimum atomic E-state index is -0.970. The number of thioether (sulfide) groups is 1. The number of aliphatic carboxylic acids is 1. The van der Waals surface area contributed by atoms with E-state index in [1.807, 2.05) is 25.3 Å². The molecule has 0 aliphatic heterocycles. The molecule has 0 spiro atoms. The molecule has 0 bridgehead atoms. The normalized spacial score (nSPS) is 12.6. The van der Waals surface area contributed by atoms with E-state index in [9.17, 15) is 19.8 Å².